The number of thiocarbonyl (C=S) groups is 1. The van der Waals surface area contributed by atoms with Gasteiger partial charge in [-0.05, 0) is 61.1 Å². The molecule has 0 aliphatic carbocycles. The normalized spacial score (nSPS) is 18.0. The second-order valence-electron chi connectivity index (χ2n) is 6.14. The number of benzene rings is 2. The van der Waals surface area contributed by atoms with Crippen LogP contribution in [-0.2, 0) is 4.79 Å². The van der Waals surface area contributed by atoms with Gasteiger partial charge in [0.15, 0.2) is 16.6 Å². The number of halogens is 1. The van der Waals surface area contributed by atoms with Gasteiger partial charge in [-0.15, -0.1) is 0 Å². The Morgan fingerprint density at radius 2 is 1.93 bits per heavy atom. The monoisotopic (exact) mass is 401 g/mol. The van der Waals surface area contributed by atoms with Crippen molar-refractivity contribution in [2.45, 2.75) is 13.0 Å². The number of carbonyl (C=O) groups is 1. The smallest absolute Gasteiger partial charge is 0.255 e. The van der Waals surface area contributed by atoms with Crippen LogP contribution in [0.15, 0.2) is 53.7 Å². The molecule has 1 unspecified atom stereocenters. The predicted molar refractivity (Wildman–Crippen MR) is 107 cm³/mol. The van der Waals surface area contributed by atoms with Crippen molar-refractivity contribution in [3.63, 3.8) is 0 Å². The van der Waals surface area contributed by atoms with Crippen LogP contribution in [0.1, 0.15) is 18.5 Å². The SMILES string of the molecule is CC1=C(C(=O)Nc2ccc(Cl)cc2)C(c2ccc3c(c2)OCO3)NC(=S)N1. The number of carbonyl (C=O) groups excluding carboxylic acids is 1. The summed E-state index contributed by atoms with van der Waals surface area (Å²) in [6.45, 7) is 2.01. The topological polar surface area (TPSA) is 71.6 Å². The molecule has 6 nitrogen and oxygen atoms in total. The van der Waals surface area contributed by atoms with E-state index in [0.29, 0.717) is 38.6 Å². The summed E-state index contributed by atoms with van der Waals surface area (Å²) in [6.07, 6.45) is 0. The fourth-order valence-corrected chi connectivity index (χ4v) is 3.47. The minimum Gasteiger partial charge on any atom is -0.454 e. The lowest BCUT2D eigenvalue weighted by molar-refractivity contribution is -0.113. The minimum atomic E-state index is -0.416. The Morgan fingerprint density at radius 3 is 2.70 bits per heavy atom. The first-order chi connectivity index (χ1) is 13.0. The third-order valence-electron chi connectivity index (χ3n) is 4.35. The predicted octanol–water partition coefficient (Wildman–Crippen LogP) is 3.50. The zero-order valence-electron chi connectivity index (χ0n) is 14.3. The van der Waals surface area contributed by atoms with Crippen molar-refractivity contribution in [2.24, 2.45) is 0 Å². The molecular weight excluding hydrogens is 386 g/mol. The molecular formula is C19H16ClN3O3S. The number of ether oxygens (including phenoxy) is 2. The van der Waals surface area contributed by atoms with Crippen molar-refractivity contribution >= 4 is 40.5 Å². The highest BCUT2D eigenvalue weighted by Crippen LogP contribution is 2.37. The molecule has 2 aliphatic rings. The van der Waals surface area contributed by atoms with E-state index in [1.54, 1.807) is 24.3 Å². The van der Waals surface area contributed by atoms with Crippen molar-refractivity contribution in [3.05, 3.63) is 64.3 Å². The van der Waals surface area contributed by atoms with Crippen molar-refractivity contribution < 1.29 is 14.3 Å². The number of hydrogen-bond acceptors (Lipinski definition) is 4. The molecule has 3 N–H and O–H groups in total. The van der Waals surface area contributed by atoms with Crippen molar-refractivity contribution in [2.75, 3.05) is 12.1 Å². The Bertz CT molecular complexity index is 959. The van der Waals surface area contributed by atoms with Gasteiger partial charge in [-0.3, -0.25) is 4.79 Å². The first-order valence-electron chi connectivity index (χ1n) is 8.26. The Labute approximate surface area is 166 Å². The molecule has 4 rings (SSSR count). The molecule has 138 valence electrons. The molecule has 27 heavy (non-hydrogen) atoms. The average molecular weight is 402 g/mol. The molecule has 0 aromatic heterocycles. The standard InChI is InChI=1S/C19H16ClN3O3S/c1-10-16(18(24)22-13-5-3-12(20)4-6-13)17(23-19(27)21-10)11-2-7-14-15(8-11)26-9-25-14/h2-8,17H,9H2,1H3,(H,22,24)(H2,21,23,27). The van der Waals surface area contributed by atoms with Crippen LogP contribution in [0, 0.1) is 0 Å². The first kappa shape index (κ1) is 17.6. The van der Waals surface area contributed by atoms with Gasteiger partial charge in [0.25, 0.3) is 5.91 Å². The highest BCUT2D eigenvalue weighted by Gasteiger charge is 2.31. The molecule has 0 radical (unpaired) electrons. The summed E-state index contributed by atoms with van der Waals surface area (Å²) in [6, 6.07) is 12.1. The molecule has 2 heterocycles. The molecule has 8 heteroatoms. The van der Waals surface area contributed by atoms with E-state index in [0.717, 1.165) is 5.56 Å². The van der Waals surface area contributed by atoms with E-state index in [-0.39, 0.29) is 12.7 Å². The Hall–Kier alpha value is -2.77. The van der Waals surface area contributed by atoms with Gasteiger partial charge in [-0.1, -0.05) is 17.7 Å². The van der Waals surface area contributed by atoms with Crippen molar-refractivity contribution in [1.29, 1.82) is 0 Å². The van der Waals surface area contributed by atoms with Gasteiger partial charge in [0, 0.05) is 16.4 Å². The number of rotatable bonds is 3. The molecule has 0 saturated carbocycles. The largest absolute Gasteiger partial charge is 0.454 e. The van der Waals surface area contributed by atoms with Crippen LogP contribution in [0.2, 0.25) is 5.02 Å². The lowest BCUT2D eigenvalue weighted by Gasteiger charge is -2.30. The Balaban J connectivity index is 1.67. The van der Waals surface area contributed by atoms with E-state index in [9.17, 15) is 4.79 Å². The van der Waals surface area contributed by atoms with Crippen LogP contribution < -0.4 is 25.4 Å². The van der Waals surface area contributed by atoms with Crippen LogP contribution in [0.3, 0.4) is 0 Å². The van der Waals surface area contributed by atoms with Crippen molar-refractivity contribution in [1.82, 2.24) is 10.6 Å². The van der Waals surface area contributed by atoms with Gasteiger partial charge in [-0.25, -0.2) is 0 Å². The maximum Gasteiger partial charge on any atom is 0.255 e. The molecule has 1 amide bonds. The van der Waals surface area contributed by atoms with E-state index in [4.69, 9.17) is 33.3 Å². The molecule has 2 aliphatic heterocycles. The maximum atomic E-state index is 13.0. The number of nitrogens with one attached hydrogen (secondary N) is 3. The summed E-state index contributed by atoms with van der Waals surface area (Å²) in [5, 5.41) is 10.1. The van der Waals surface area contributed by atoms with Crippen LogP contribution in [0.4, 0.5) is 5.69 Å². The van der Waals surface area contributed by atoms with E-state index in [1.807, 2.05) is 25.1 Å². The van der Waals surface area contributed by atoms with Gasteiger partial charge in [0.1, 0.15) is 0 Å². The van der Waals surface area contributed by atoms with E-state index in [1.165, 1.54) is 0 Å². The van der Waals surface area contributed by atoms with E-state index < -0.39 is 6.04 Å². The van der Waals surface area contributed by atoms with Crippen LogP contribution in [-0.4, -0.2) is 17.8 Å². The third kappa shape index (κ3) is 3.56. The summed E-state index contributed by atoms with van der Waals surface area (Å²) in [7, 11) is 0. The third-order valence-corrected chi connectivity index (χ3v) is 4.82. The van der Waals surface area contributed by atoms with E-state index in [2.05, 4.69) is 16.0 Å². The molecule has 1 atom stereocenters. The van der Waals surface area contributed by atoms with Gasteiger partial charge in [-0.2, -0.15) is 0 Å². The van der Waals surface area contributed by atoms with Gasteiger partial charge < -0.3 is 25.4 Å². The second-order valence-corrected chi connectivity index (χ2v) is 6.99. The Morgan fingerprint density at radius 1 is 1.19 bits per heavy atom. The summed E-state index contributed by atoms with van der Waals surface area (Å²) >= 11 is 11.2. The fraction of sp³-hybridized carbons (Fsp3) is 0.158. The lowest BCUT2D eigenvalue weighted by Crippen LogP contribution is -2.45. The molecule has 0 spiro atoms. The molecule has 0 saturated heterocycles. The molecule has 0 bridgehead atoms. The highest BCUT2D eigenvalue weighted by molar-refractivity contribution is 7.80. The maximum absolute atomic E-state index is 13.0. The van der Waals surface area contributed by atoms with Crippen LogP contribution in [0.25, 0.3) is 0 Å². The summed E-state index contributed by atoms with van der Waals surface area (Å²) < 4.78 is 10.8. The van der Waals surface area contributed by atoms with Gasteiger partial charge in [0.05, 0.1) is 11.6 Å². The van der Waals surface area contributed by atoms with Gasteiger partial charge >= 0.3 is 0 Å². The Kier molecular flexibility index (Phi) is 4.63. The quantitative estimate of drug-likeness (QED) is 0.684. The number of anilines is 1. The number of fused-ring (bicyclic) bond motifs is 1. The van der Waals surface area contributed by atoms with Crippen molar-refractivity contribution in [3.8, 4) is 11.5 Å². The minimum absolute atomic E-state index is 0.190. The second kappa shape index (κ2) is 7.09. The summed E-state index contributed by atoms with van der Waals surface area (Å²) in [5.74, 6) is 1.09. The summed E-state index contributed by atoms with van der Waals surface area (Å²) in [5.41, 5.74) is 2.73. The number of hydrogen-bond donors (Lipinski definition) is 3. The number of allylic oxidation sites excluding steroid dienone is 1. The van der Waals surface area contributed by atoms with Crippen LogP contribution >= 0.6 is 23.8 Å². The van der Waals surface area contributed by atoms with Crippen LogP contribution in [0.5, 0.6) is 11.5 Å². The number of amides is 1. The molecule has 2 aromatic carbocycles. The highest BCUT2D eigenvalue weighted by atomic mass is 35.5. The zero-order valence-corrected chi connectivity index (χ0v) is 15.9. The fourth-order valence-electron chi connectivity index (χ4n) is 3.07. The van der Waals surface area contributed by atoms with E-state index >= 15 is 0 Å². The first-order valence-corrected chi connectivity index (χ1v) is 9.04. The lowest BCUT2D eigenvalue weighted by atomic mass is 9.94. The summed E-state index contributed by atoms with van der Waals surface area (Å²) in [4.78, 5) is 13.0. The molecule has 0 fully saturated rings. The molecule has 2 aromatic rings. The average Bonchev–Trinajstić information content (AvgIpc) is 3.10. The zero-order chi connectivity index (χ0) is 19.0. The van der Waals surface area contributed by atoms with Gasteiger partial charge in [0.2, 0.25) is 6.79 Å².